The summed E-state index contributed by atoms with van der Waals surface area (Å²) < 4.78 is 0. The summed E-state index contributed by atoms with van der Waals surface area (Å²) >= 11 is 0. The van der Waals surface area contributed by atoms with Gasteiger partial charge in [-0.25, -0.2) is 9.97 Å². The van der Waals surface area contributed by atoms with Gasteiger partial charge in [-0.15, -0.1) is 0 Å². The lowest BCUT2D eigenvalue weighted by Gasteiger charge is -2.05. The molecule has 16 heavy (non-hydrogen) atoms. The van der Waals surface area contributed by atoms with Crippen molar-refractivity contribution in [2.45, 2.75) is 13.5 Å². The Hall–Kier alpha value is -2.10. The van der Waals surface area contributed by atoms with E-state index in [1.165, 1.54) is 0 Å². The van der Waals surface area contributed by atoms with Crippen LogP contribution < -0.4 is 5.32 Å². The highest BCUT2D eigenvalue weighted by molar-refractivity contribution is 5.35. The van der Waals surface area contributed by atoms with E-state index in [4.69, 9.17) is 5.11 Å². The molecule has 0 bridgehead atoms. The molecule has 1 aromatic carbocycles. The number of aromatic nitrogens is 2. The summed E-state index contributed by atoms with van der Waals surface area (Å²) in [5.74, 6) is 1.83. The Balaban J connectivity index is 1.99. The normalized spacial score (nSPS) is 10.1. The Labute approximate surface area is 94.0 Å². The van der Waals surface area contributed by atoms with Crippen molar-refractivity contribution in [3.05, 3.63) is 47.9 Å². The maximum Gasteiger partial charge on any atom is 0.129 e. The zero-order chi connectivity index (χ0) is 11.4. The van der Waals surface area contributed by atoms with Crippen molar-refractivity contribution in [3.63, 3.8) is 0 Å². The van der Waals surface area contributed by atoms with Gasteiger partial charge in [-0.3, -0.25) is 0 Å². The first kappa shape index (κ1) is 10.4. The van der Waals surface area contributed by atoms with E-state index in [0.29, 0.717) is 6.54 Å². The van der Waals surface area contributed by atoms with E-state index in [2.05, 4.69) is 15.3 Å². The van der Waals surface area contributed by atoms with Crippen LogP contribution in [0.1, 0.15) is 11.4 Å². The Bertz CT molecular complexity index is 468. The average molecular weight is 215 g/mol. The van der Waals surface area contributed by atoms with Gasteiger partial charge in [0.05, 0.1) is 0 Å². The van der Waals surface area contributed by atoms with Gasteiger partial charge in [-0.2, -0.15) is 0 Å². The summed E-state index contributed by atoms with van der Waals surface area (Å²) in [6.45, 7) is 2.53. The molecule has 0 amide bonds. The summed E-state index contributed by atoms with van der Waals surface area (Å²) in [5, 5.41) is 12.3. The molecule has 0 radical (unpaired) electrons. The number of aromatic hydroxyl groups is 1. The van der Waals surface area contributed by atoms with Gasteiger partial charge in [-0.05, 0) is 30.7 Å². The number of phenolic OH excluding ortho intramolecular Hbond substituents is 1. The third-order valence-corrected chi connectivity index (χ3v) is 2.19. The van der Waals surface area contributed by atoms with E-state index < -0.39 is 0 Å². The molecule has 0 saturated heterocycles. The third-order valence-electron chi connectivity index (χ3n) is 2.19. The summed E-state index contributed by atoms with van der Waals surface area (Å²) in [7, 11) is 0. The van der Waals surface area contributed by atoms with Crippen molar-refractivity contribution in [1.82, 2.24) is 9.97 Å². The summed E-state index contributed by atoms with van der Waals surface area (Å²) in [6.07, 6.45) is 1.72. The van der Waals surface area contributed by atoms with Crippen molar-refractivity contribution < 1.29 is 5.11 Å². The van der Waals surface area contributed by atoms with Crippen LogP contribution in [-0.4, -0.2) is 15.1 Å². The monoisotopic (exact) mass is 215 g/mol. The number of phenols is 1. The lowest BCUT2D eigenvalue weighted by Crippen LogP contribution is -2.02. The van der Waals surface area contributed by atoms with Crippen LogP contribution in [0, 0.1) is 6.92 Å². The summed E-state index contributed by atoms with van der Waals surface area (Å²) in [6, 6.07) is 8.91. The molecule has 1 aromatic heterocycles. The highest BCUT2D eigenvalue weighted by Crippen LogP contribution is 2.11. The van der Waals surface area contributed by atoms with Crippen LogP contribution in [-0.2, 0) is 6.54 Å². The fourth-order valence-corrected chi connectivity index (χ4v) is 1.36. The van der Waals surface area contributed by atoms with Gasteiger partial charge in [-0.1, -0.05) is 12.1 Å². The predicted octanol–water partition coefficient (Wildman–Crippen LogP) is 2.10. The number of nitrogens with one attached hydrogen (secondary N) is 1. The first-order valence-corrected chi connectivity index (χ1v) is 5.05. The SMILES string of the molecule is Cc1nccc(NCc2ccc(O)cc2)n1. The molecule has 82 valence electrons. The second-order valence-electron chi connectivity index (χ2n) is 3.51. The summed E-state index contributed by atoms with van der Waals surface area (Å²) in [5.41, 5.74) is 1.09. The Morgan fingerprint density at radius 3 is 2.62 bits per heavy atom. The smallest absolute Gasteiger partial charge is 0.129 e. The topological polar surface area (TPSA) is 58.0 Å². The molecule has 0 unspecified atom stereocenters. The molecule has 0 aliphatic rings. The van der Waals surface area contributed by atoms with Crippen LogP contribution in [0.3, 0.4) is 0 Å². The van der Waals surface area contributed by atoms with Crippen molar-refractivity contribution >= 4 is 5.82 Å². The molecule has 2 rings (SSSR count). The molecular weight excluding hydrogens is 202 g/mol. The van der Waals surface area contributed by atoms with Gasteiger partial charge in [0.2, 0.25) is 0 Å². The van der Waals surface area contributed by atoms with Gasteiger partial charge in [0.15, 0.2) is 0 Å². The van der Waals surface area contributed by atoms with E-state index in [1.54, 1.807) is 18.3 Å². The highest BCUT2D eigenvalue weighted by atomic mass is 16.3. The molecule has 2 aromatic rings. The average Bonchev–Trinajstić information content (AvgIpc) is 2.28. The molecule has 0 aliphatic heterocycles. The molecule has 1 heterocycles. The Kier molecular flexibility index (Phi) is 3.00. The number of hydrogen-bond donors (Lipinski definition) is 2. The van der Waals surface area contributed by atoms with Crippen molar-refractivity contribution in [2.24, 2.45) is 0 Å². The Morgan fingerprint density at radius 2 is 1.94 bits per heavy atom. The molecule has 4 heteroatoms. The zero-order valence-corrected chi connectivity index (χ0v) is 9.01. The van der Waals surface area contributed by atoms with Gasteiger partial charge in [0.25, 0.3) is 0 Å². The first-order valence-electron chi connectivity index (χ1n) is 5.05. The van der Waals surface area contributed by atoms with Crippen LogP contribution in [0.15, 0.2) is 36.5 Å². The van der Waals surface area contributed by atoms with Crippen molar-refractivity contribution in [2.75, 3.05) is 5.32 Å². The molecule has 0 atom stereocenters. The quantitative estimate of drug-likeness (QED) is 0.823. The molecule has 0 saturated carbocycles. The van der Waals surface area contributed by atoms with E-state index in [9.17, 15) is 0 Å². The lowest BCUT2D eigenvalue weighted by atomic mass is 10.2. The highest BCUT2D eigenvalue weighted by Gasteiger charge is 1.96. The molecule has 0 spiro atoms. The largest absolute Gasteiger partial charge is 0.508 e. The van der Waals surface area contributed by atoms with Crippen LogP contribution in [0.4, 0.5) is 5.82 Å². The fourth-order valence-electron chi connectivity index (χ4n) is 1.36. The number of rotatable bonds is 3. The van der Waals surface area contributed by atoms with Gasteiger partial charge >= 0.3 is 0 Å². The first-order chi connectivity index (χ1) is 7.74. The maximum absolute atomic E-state index is 9.14. The molecular formula is C12H13N3O. The molecule has 0 aliphatic carbocycles. The van der Waals surface area contributed by atoms with Crippen LogP contribution in [0.25, 0.3) is 0 Å². The van der Waals surface area contributed by atoms with E-state index in [1.807, 2.05) is 25.1 Å². The standard InChI is InChI=1S/C12H13N3O/c1-9-13-7-6-12(15-9)14-8-10-2-4-11(16)5-3-10/h2-7,16H,8H2,1H3,(H,13,14,15). The number of anilines is 1. The van der Waals surface area contributed by atoms with Crippen LogP contribution >= 0.6 is 0 Å². The minimum Gasteiger partial charge on any atom is -0.508 e. The van der Waals surface area contributed by atoms with Crippen molar-refractivity contribution in [1.29, 1.82) is 0 Å². The lowest BCUT2D eigenvalue weighted by molar-refractivity contribution is 0.475. The van der Waals surface area contributed by atoms with E-state index in [0.717, 1.165) is 17.2 Å². The van der Waals surface area contributed by atoms with Gasteiger partial charge in [0, 0.05) is 12.7 Å². The number of benzene rings is 1. The number of aryl methyl sites for hydroxylation is 1. The van der Waals surface area contributed by atoms with Gasteiger partial charge in [0.1, 0.15) is 17.4 Å². The minimum absolute atomic E-state index is 0.279. The Morgan fingerprint density at radius 1 is 1.19 bits per heavy atom. The summed E-state index contributed by atoms with van der Waals surface area (Å²) in [4.78, 5) is 8.26. The number of nitrogens with zero attached hydrogens (tertiary/aromatic N) is 2. The molecule has 0 fully saturated rings. The second-order valence-corrected chi connectivity index (χ2v) is 3.51. The minimum atomic E-state index is 0.279. The van der Waals surface area contributed by atoms with E-state index in [-0.39, 0.29) is 5.75 Å². The molecule has 4 nitrogen and oxygen atoms in total. The van der Waals surface area contributed by atoms with Crippen LogP contribution in [0.2, 0.25) is 0 Å². The zero-order valence-electron chi connectivity index (χ0n) is 9.01. The second kappa shape index (κ2) is 4.61. The maximum atomic E-state index is 9.14. The predicted molar refractivity (Wildman–Crippen MR) is 62.2 cm³/mol. The van der Waals surface area contributed by atoms with E-state index >= 15 is 0 Å². The van der Waals surface area contributed by atoms with Gasteiger partial charge < -0.3 is 10.4 Å². The number of hydrogen-bond acceptors (Lipinski definition) is 4. The van der Waals surface area contributed by atoms with Crippen LogP contribution in [0.5, 0.6) is 5.75 Å². The molecule has 2 N–H and O–H groups in total. The van der Waals surface area contributed by atoms with Crippen molar-refractivity contribution in [3.8, 4) is 5.75 Å². The third kappa shape index (κ3) is 2.70. The fraction of sp³-hybridized carbons (Fsp3) is 0.167.